The van der Waals surface area contributed by atoms with E-state index in [1.54, 1.807) is 20.8 Å². The van der Waals surface area contributed by atoms with Crippen molar-refractivity contribution in [3.63, 3.8) is 0 Å². The zero-order chi connectivity index (χ0) is 11.8. The first-order valence-electron chi connectivity index (χ1n) is 4.67. The van der Waals surface area contributed by atoms with E-state index in [-0.39, 0.29) is 0 Å². The van der Waals surface area contributed by atoms with Gasteiger partial charge in [-0.25, -0.2) is 0 Å². The topological polar surface area (TPSA) is 74.6 Å². The molecule has 0 saturated carbocycles. The Labute approximate surface area is 84.9 Å². The highest BCUT2D eigenvalue weighted by Gasteiger charge is 2.18. The van der Waals surface area contributed by atoms with Crippen molar-refractivity contribution in [2.24, 2.45) is 5.41 Å². The molecule has 0 atom stereocenters. The molecule has 0 aliphatic carbocycles. The second-order valence-corrected chi connectivity index (χ2v) is 4.05. The fourth-order valence-electron chi connectivity index (χ4n) is 0.328. The number of carbonyl (C=O) groups is 2. The van der Waals surface area contributed by atoms with Gasteiger partial charge in [0.05, 0.1) is 5.41 Å². The Kier molecular flexibility index (Phi) is 8.10. The quantitative estimate of drug-likeness (QED) is 0.740. The molecule has 0 aliphatic rings. The minimum absolute atomic E-state index is 0.316. The van der Waals surface area contributed by atoms with Crippen LogP contribution < -0.4 is 0 Å². The van der Waals surface area contributed by atoms with Gasteiger partial charge < -0.3 is 10.2 Å². The number of aliphatic carboxylic acids is 2. The highest BCUT2D eigenvalue weighted by Crippen LogP contribution is 2.11. The lowest BCUT2D eigenvalue weighted by Crippen LogP contribution is -2.18. The summed E-state index contributed by atoms with van der Waals surface area (Å²) in [7, 11) is 0. The van der Waals surface area contributed by atoms with Crippen LogP contribution in [0.3, 0.4) is 0 Å². The molecule has 0 bridgehead atoms. The van der Waals surface area contributed by atoms with E-state index in [2.05, 4.69) is 0 Å². The van der Waals surface area contributed by atoms with Crippen molar-refractivity contribution in [3.8, 4) is 0 Å². The monoisotopic (exact) mass is 204 g/mol. The maximum absolute atomic E-state index is 10.0. The summed E-state index contributed by atoms with van der Waals surface area (Å²) in [6, 6.07) is 0. The van der Waals surface area contributed by atoms with E-state index >= 15 is 0 Å². The first-order chi connectivity index (χ1) is 6.21. The maximum atomic E-state index is 10.0. The van der Waals surface area contributed by atoms with E-state index in [1.807, 2.05) is 6.92 Å². The van der Waals surface area contributed by atoms with Gasteiger partial charge in [0.2, 0.25) is 0 Å². The first kappa shape index (κ1) is 15.4. The number of hydrogen-bond acceptors (Lipinski definition) is 2. The summed E-state index contributed by atoms with van der Waals surface area (Å²) >= 11 is 0. The van der Waals surface area contributed by atoms with E-state index in [0.717, 1.165) is 12.8 Å². The lowest BCUT2D eigenvalue weighted by molar-refractivity contribution is -0.145. The summed E-state index contributed by atoms with van der Waals surface area (Å²) in [5, 5.41) is 16.3. The molecule has 0 aliphatic heterocycles. The molecule has 0 aromatic heterocycles. The van der Waals surface area contributed by atoms with Gasteiger partial charge in [0, 0.05) is 6.42 Å². The second kappa shape index (κ2) is 7.35. The van der Waals surface area contributed by atoms with Crippen LogP contribution in [0.1, 0.15) is 47.0 Å². The molecular weight excluding hydrogens is 184 g/mol. The molecule has 0 unspecified atom stereocenters. The molecule has 0 radical (unpaired) electrons. The average Bonchev–Trinajstić information content (AvgIpc) is 2.00. The Bertz CT molecular complexity index is 179. The number of unbranched alkanes of at least 4 members (excludes halogenated alkanes) is 1. The highest BCUT2D eigenvalue weighted by molar-refractivity contribution is 5.72. The van der Waals surface area contributed by atoms with Crippen molar-refractivity contribution in [1.29, 1.82) is 0 Å². The normalized spacial score (nSPS) is 10.0. The third kappa shape index (κ3) is 13.5. The van der Waals surface area contributed by atoms with E-state index < -0.39 is 17.4 Å². The first-order valence-corrected chi connectivity index (χ1v) is 4.67. The van der Waals surface area contributed by atoms with Crippen molar-refractivity contribution in [2.75, 3.05) is 0 Å². The summed E-state index contributed by atoms with van der Waals surface area (Å²) in [6.45, 7) is 6.96. The standard InChI is InChI=1S/2C5H10O2/c1-5(2,3)4(6)7;1-2-3-4-5(6)7/h1-3H3,(H,6,7);2-4H2,1H3,(H,6,7). The Morgan fingerprint density at radius 1 is 1.14 bits per heavy atom. The summed E-state index contributed by atoms with van der Waals surface area (Å²) in [6.07, 6.45) is 2.08. The average molecular weight is 204 g/mol. The van der Waals surface area contributed by atoms with Gasteiger partial charge in [-0.15, -0.1) is 0 Å². The van der Waals surface area contributed by atoms with Crippen molar-refractivity contribution in [3.05, 3.63) is 0 Å². The van der Waals surface area contributed by atoms with E-state index in [4.69, 9.17) is 10.2 Å². The summed E-state index contributed by atoms with van der Waals surface area (Å²) in [5.74, 6) is -1.45. The Morgan fingerprint density at radius 2 is 1.50 bits per heavy atom. The predicted molar refractivity (Wildman–Crippen MR) is 54.3 cm³/mol. The molecule has 0 rings (SSSR count). The molecule has 0 heterocycles. The summed E-state index contributed by atoms with van der Waals surface area (Å²) in [4.78, 5) is 19.8. The third-order valence-corrected chi connectivity index (χ3v) is 1.39. The fourth-order valence-corrected chi connectivity index (χ4v) is 0.328. The Balaban J connectivity index is 0. The number of rotatable bonds is 3. The van der Waals surface area contributed by atoms with Gasteiger partial charge in [-0.3, -0.25) is 9.59 Å². The molecule has 2 N–H and O–H groups in total. The molecule has 84 valence electrons. The lowest BCUT2D eigenvalue weighted by atomic mass is 9.98. The van der Waals surface area contributed by atoms with E-state index in [1.165, 1.54) is 0 Å². The van der Waals surface area contributed by atoms with Crippen LogP contribution in [-0.2, 0) is 9.59 Å². The van der Waals surface area contributed by atoms with Gasteiger partial charge in [0.25, 0.3) is 0 Å². The Morgan fingerprint density at radius 3 is 1.57 bits per heavy atom. The van der Waals surface area contributed by atoms with Crippen molar-refractivity contribution in [2.45, 2.75) is 47.0 Å². The van der Waals surface area contributed by atoms with E-state index in [0.29, 0.717) is 6.42 Å². The van der Waals surface area contributed by atoms with Gasteiger partial charge in [-0.1, -0.05) is 13.3 Å². The molecule has 0 saturated heterocycles. The van der Waals surface area contributed by atoms with Crippen LogP contribution in [0.4, 0.5) is 0 Å². The number of hydrogen-bond donors (Lipinski definition) is 2. The molecule has 0 amide bonds. The predicted octanol–water partition coefficient (Wildman–Crippen LogP) is 2.38. The number of carboxylic acid groups (broad SMARTS) is 2. The molecular formula is C10H20O4. The summed E-state index contributed by atoms with van der Waals surface area (Å²) < 4.78 is 0. The number of carboxylic acids is 2. The molecule has 0 fully saturated rings. The largest absolute Gasteiger partial charge is 0.481 e. The van der Waals surface area contributed by atoms with Crippen LogP contribution in [0, 0.1) is 5.41 Å². The molecule has 0 aromatic rings. The molecule has 4 nitrogen and oxygen atoms in total. The van der Waals surface area contributed by atoms with Crippen LogP contribution in [0.15, 0.2) is 0 Å². The van der Waals surface area contributed by atoms with E-state index in [9.17, 15) is 9.59 Å². The zero-order valence-corrected chi connectivity index (χ0v) is 9.33. The minimum atomic E-state index is -0.757. The van der Waals surface area contributed by atoms with Crippen LogP contribution in [0.2, 0.25) is 0 Å². The van der Waals surface area contributed by atoms with Crippen molar-refractivity contribution < 1.29 is 19.8 Å². The van der Waals surface area contributed by atoms with Crippen LogP contribution >= 0.6 is 0 Å². The minimum Gasteiger partial charge on any atom is -0.481 e. The Hall–Kier alpha value is -1.06. The smallest absolute Gasteiger partial charge is 0.308 e. The van der Waals surface area contributed by atoms with Gasteiger partial charge in [-0.2, -0.15) is 0 Å². The fraction of sp³-hybridized carbons (Fsp3) is 0.800. The van der Waals surface area contributed by atoms with Gasteiger partial charge in [0.15, 0.2) is 0 Å². The second-order valence-electron chi connectivity index (χ2n) is 4.05. The summed E-state index contributed by atoms with van der Waals surface area (Å²) in [5.41, 5.74) is -0.583. The van der Waals surface area contributed by atoms with Crippen molar-refractivity contribution in [1.82, 2.24) is 0 Å². The van der Waals surface area contributed by atoms with Gasteiger partial charge in [0.1, 0.15) is 0 Å². The van der Waals surface area contributed by atoms with Crippen LogP contribution in [-0.4, -0.2) is 22.2 Å². The molecule has 0 aromatic carbocycles. The van der Waals surface area contributed by atoms with Crippen molar-refractivity contribution >= 4 is 11.9 Å². The molecule has 0 spiro atoms. The molecule has 14 heavy (non-hydrogen) atoms. The third-order valence-electron chi connectivity index (χ3n) is 1.39. The van der Waals surface area contributed by atoms with Gasteiger partial charge in [-0.05, 0) is 27.2 Å². The maximum Gasteiger partial charge on any atom is 0.308 e. The lowest BCUT2D eigenvalue weighted by Gasteiger charge is -2.08. The van der Waals surface area contributed by atoms with Crippen LogP contribution in [0.5, 0.6) is 0 Å². The van der Waals surface area contributed by atoms with Gasteiger partial charge >= 0.3 is 11.9 Å². The van der Waals surface area contributed by atoms with Crippen LogP contribution in [0.25, 0.3) is 0 Å². The molecule has 4 heteroatoms. The zero-order valence-electron chi connectivity index (χ0n) is 9.33. The SMILES string of the molecule is CC(C)(C)C(=O)O.CCCCC(=O)O. The highest BCUT2D eigenvalue weighted by atomic mass is 16.4.